The Bertz CT molecular complexity index is 1080. The van der Waals surface area contributed by atoms with Crippen LogP contribution >= 0.6 is 0 Å². The van der Waals surface area contributed by atoms with Gasteiger partial charge in [-0.2, -0.15) is 18.3 Å². The van der Waals surface area contributed by atoms with E-state index >= 15 is 0 Å². The standard InChI is InChI=1S/C21H23F3N6O/c22-21(23,24)17-12-30-18(2-1-3-19(30)28-17)27-16-10-20(16)7-4-13(5-8-20)25-11-15(31)14-6-9-26-29-14/h1-3,6,9,12-13,16,25,27H,4-5,7-8,10-11H2,(H,26,29)/t13?,16-,20?/m0/s1. The van der Waals surface area contributed by atoms with Gasteiger partial charge in [-0.05, 0) is 55.7 Å². The molecule has 5 rings (SSSR count). The molecule has 3 heterocycles. The summed E-state index contributed by atoms with van der Waals surface area (Å²) in [6, 6.07) is 7.28. The molecule has 0 unspecified atom stereocenters. The number of nitrogens with one attached hydrogen (secondary N) is 3. The van der Waals surface area contributed by atoms with Crippen LogP contribution < -0.4 is 10.6 Å². The fraction of sp³-hybridized carbons (Fsp3) is 0.476. The molecule has 2 aliphatic carbocycles. The quantitative estimate of drug-likeness (QED) is 0.518. The van der Waals surface area contributed by atoms with Crippen LogP contribution in [0, 0.1) is 5.41 Å². The Morgan fingerprint density at radius 3 is 2.77 bits per heavy atom. The molecule has 2 saturated carbocycles. The first-order chi connectivity index (χ1) is 14.8. The molecule has 0 aliphatic heterocycles. The van der Waals surface area contributed by atoms with Gasteiger partial charge >= 0.3 is 6.18 Å². The summed E-state index contributed by atoms with van der Waals surface area (Å²) >= 11 is 0. The number of pyridine rings is 1. The number of alkyl halides is 3. The summed E-state index contributed by atoms with van der Waals surface area (Å²) < 4.78 is 40.5. The topological polar surface area (TPSA) is 87.1 Å². The lowest BCUT2D eigenvalue weighted by Gasteiger charge is -2.30. The number of imidazole rings is 1. The second kappa shape index (κ2) is 7.37. The maximum Gasteiger partial charge on any atom is 0.434 e. The number of aromatic nitrogens is 4. The van der Waals surface area contributed by atoms with E-state index < -0.39 is 11.9 Å². The third-order valence-corrected chi connectivity index (χ3v) is 6.63. The predicted molar refractivity (Wildman–Crippen MR) is 108 cm³/mol. The highest BCUT2D eigenvalue weighted by Crippen LogP contribution is 2.57. The Morgan fingerprint density at radius 2 is 2.06 bits per heavy atom. The van der Waals surface area contributed by atoms with E-state index in [1.165, 1.54) is 4.40 Å². The Kier molecular flexibility index (Phi) is 4.76. The van der Waals surface area contributed by atoms with Crippen molar-refractivity contribution in [3.8, 4) is 0 Å². The number of hydrogen-bond acceptors (Lipinski definition) is 5. The summed E-state index contributed by atoms with van der Waals surface area (Å²) in [6.07, 6.45) is 3.14. The molecule has 1 atom stereocenters. The number of halogens is 3. The Morgan fingerprint density at radius 1 is 1.26 bits per heavy atom. The molecule has 3 aromatic rings. The Balaban J connectivity index is 1.17. The first kappa shape index (κ1) is 20.0. The molecule has 164 valence electrons. The van der Waals surface area contributed by atoms with Gasteiger partial charge in [-0.25, -0.2) is 4.98 Å². The molecule has 1 spiro atoms. The lowest BCUT2D eigenvalue weighted by atomic mass is 9.82. The van der Waals surface area contributed by atoms with E-state index in [-0.39, 0.29) is 29.4 Å². The van der Waals surface area contributed by atoms with Gasteiger partial charge in [0.1, 0.15) is 17.2 Å². The van der Waals surface area contributed by atoms with Crippen molar-refractivity contribution in [1.29, 1.82) is 0 Å². The summed E-state index contributed by atoms with van der Waals surface area (Å²) in [7, 11) is 0. The van der Waals surface area contributed by atoms with Gasteiger partial charge in [0.15, 0.2) is 11.5 Å². The van der Waals surface area contributed by atoms with Gasteiger partial charge in [0.05, 0.1) is 6.54 Å². The van der Waals surface area contributed by atoms with Crippen LogP contribution in [0.2, 0.25) is 0 Å². The number of hydrogen-bond donors (Lipinski definition) is 3. The Hall–Kier alpha value is -2.88. The average Bonchev–Trinajstić information content (AvgIpc) is 3.15. The molecule has 3 aromatic heterocycles. The van der Waals surface area contributed by atoms with Crippen LogP contribution in [-0.2, 0) is 6.18 Å². The van der Waals surface area contributed by atoms with Crippen molar-refractivity contribution in [3.05, 3.63) is 48.0 Å². The zero-order chi connectivity index (χ0) is 21.6. The van der Waals surface area contributed by atoms with Crippen LogP contribution in [0.4, 0.5) is 19.0 Å². The molecule has 0 amide bonds. The highest BCUT2D eigenvalue weighted by atomic mass is 19.4. The van der Waals surface area contributed by atoms with Crippen LogP contribution in [0.15, 0.2) is 36.7 Å². The smallest absolute Gasteiger partial charge is 0.368 e. The second-order valence-electron chi connectivity index (χ2n) is 8.58. The van der Waals surface area contributed by atoms with Crippen LogP contribution in [0.5, 0.6) is 0 Å². The largest absolute Gasteiger partial charge is 0.434 e. The minimum absolute atomic E-state index is 0.00425. The van der Waals surface area contributed by atoms with E-state index in [9.17, 15) is 18.0 Å². The number of nitrogens with zero attached hydrogens (tertiary/aromatic N) is 3. The average molecular weight is 432 g/mol. The molecule has 0 bridgehead atoms. The van der Waals surface area contributed by atoms with Gasteiger partial charge in [0.2, 0.25) is 0 Å². The number of aromatic amines is 1. The first-order valence-electron chi connectivity index (χ1n) is 10.4. The fourth-order valence-corrected chi connectivity index (χ4v) is 4.69. The molecule has 31 heavy (non-hydrogen) atoms. The van der Waals surface area contributed by atoms with Gasteiger partial charge in [0.25, 0.3) is 0 Å². The minimum Gasteiger partial charge on any atom is -0.368 e. The van der Waals surface area contributed by atoms with Crippen LogP contribution in [-0.4, -0.2) is 44.0 Å². The lowest BCUT2D eigenvalue weighted by Crippen LogP contribution is -2.38. The molecule has 2 fully saturated rings. The van der Waals surface area contributed by atoms with Gasteiger partial charge in [-0.1, -0.05) is 6.07 Å². The molecular formula is C21H23F3N6O. The number of H-pyrrole nitrogens is 1. The number of rotatable bonds is 6. The van der Waals surface area contributed by atoms with E-state index in [0.29, 0.717) is 17.6 Å². The van der Waals surface area contributed by atoms with Crippen molar-refractivity contribution in [2.75, 3.05) is 11.9 Å². The third-order valence-electron chi connectivity index (χ3n) is 6.63. The van der Waals surface area contributed by atoms with E-state index in [0.717, 1.165) is 38.3 Å². The van der Waals surface area contributed by atoms with Crippen molar-refractivity contribution < 1.29 is 18.0 Å². The molecule has 0 aromatic carbocycles. The number of ketones is 1. The molecule has 0 radical (unpaired) electrons. The first-order valence-corrected chi connectivity index (χ1v) is 10.4. The number of Topliss-reactive ketones (excluding diaryl/α,β-unsaturated/α-hetero) is 1. The zero-order valence-electron chi connectivity index (χ0n) is 16.7. The summed E-state index contributed by atoms with van der Waals surface area (Å²) in [5, 5.41) is 13.3. The normalized spacial score (nSPS) is 25.8. The highest BCUT2D eigenvalue weighted by molar-refractivity contribution is 5.95. The van der Waals surface area contributed by atoms with Crippen LogP contribution in [0.3, 0.4) is 0 Å². The number of carbonyl (C=O) groups is 1. The SMILES string of the molecule is O=C(CNC1CCC2(CC1)C[C@@H]2Nc1cccc2nc(C(F)(F)F)cn12)c1ccn[nH]1. The summed E-state index contributed by atoms with van der Waals surface area (Å²) in [5.41, 5.74) is 0.0835. The van der Waals surface area contributed by atoms with Crippen molar-refractivity contribution in [1.82, 2.24) is 24.9 Å². The van der Waals surface area contributed by atoms with Crippen molar-refractivity contribution >= 4 is 17.2 Å². The maximum absolute atomic E-state index is 13.0. The monoisotopic (exact) mass is 432 g/mol. The third kappa shape index (κ3) is 3.91. The number of anilines is 1. The molecule has 3 N–H and O–H groups in total. The van der Waals surface area contributed by atoms with Crippen LogP contribution in [0.25, 0.3) is 5.65 Å². The molecule has 0 saturated heterocycles. The molecular weight excluding hydrogens is 409 g/mol. The molecule has 2 aliphatic rings. The van der Waals surface area contributed by atoms with Crippen molar-refractivity contribution in [2.24, 2.45) is 5.41 Å². The van der Waals surface area contributed by atoms with Gasteiger partial charge in [-0.3, -0.25) is 14.3 Å². The van der Waals surface area contributed by atoms with E-state index in [2.05, 4.69) is 25.8 Å². The fourth-order valence-electron chi connectivity index (χ4n) is 4.69. The maximum atomic E-state index is 13.0. The number of fused-ring (bicyclic) bond motifs is 1. The van der Waals surface area contributed by atoms with Crippen molar-refractivity contribution in [2.45, 2.75) is 50.4 Å². The van der Waals surface area contributed by atoms with Gasteiger partial charge in [0, 0.05) is 24.5 Å². The zero-order valence-corrected chi connectivity index (χ0v) is 16.7. The second-order valence-corrected chi connectivity index (χ2v) is 8.58. The lowest BCUT2D eigenvalue weighted by molar-refractivity contribution is -0.140. The summed E-state index contributed by atoms with van der Waals surface area (Å²) in [6.45, 7) is 0.283. The highest BCUT2D eigenvalue weighted by Gasteiger charge is 2.55. The van der Waals surface area contributed by atoms with Gasteiger partial charge in [-0.15, -0.1) is 0 Å². The summed E-state index contributed by atoms with van der Waals surface area (Å²) in [5.74, 6) is 0.628. The van der Waals surface area contributed by atoms with E-state index in [4.69, 9.17) is 0 Å². The predicted octanol–water partition coefficient (Wildman–Crippen LogP) is 3.66. The molecule has 10 heteroatoms. The van der Waals surface area contributed by atoms with Crippen LogP contribution in [0.1, 0.15) is 48.3 Å². The number of carbonyl (C=O) groups excluding carboxylic acids is 1. The van der Waals surface area contributed by atoms with Gasteiger partial charge < -0.3 is 10.6 Å². The minimum atomic E-state index is -4.46. The van der Waals surface area contributed by atoms with Crippen molar-refractivity contribution in [3.63, 3.8) is 0 Å². The van der Waals surface area contributed by atoms with E-state index in [1.807, 2.05) is 0 Å². The summed E-state index contributed by atoms with van der Waals surface area (Å²) in [4.78, 5) is 15.8. The molecule has 7 nitrogen and oxygen atoms in total. The van der Waals surface area contributed by atoms with E-state index in [1.54, 1.807) is 30.5 Å². The Labute approximate surface area is 176 Å².